The van der Waals surface area contributed by atoms with E-state index in [1.165, 1.54) is 19.6 Å². The van der Waals surface area contributed by atoms with Gasteiger partial charge in [-0.1, -0.05) is 5.16 Å². The second-order valence-electron chi connectivity index (χ2n) is 4.86. The van der Waals surface area contributed by atoms with Gasteiger partial charge in [0.05, 0.1) is 7.11 Å². The van der Waals surface area contributed by atoms with E-state index in [2.05, 4.69) is 15.5 Å². The van der Waals surface area contributed by atoms with E-state index in [0.717, 1.165) is 19.4 Å². The second-order valence-corrected chi connectivity index (χ2v) is 4.86. The largest absolute Gasteiger partial charge is 0.494 e. The summed E-state index contributed by atoms with van der Waals surface area (Å²) >= 11 is 0. The lowest BCUT2D eigenvalue weighted by Gasteiger charge is -2.04. The fraction of sp³-hybridized carbons (Fsp3) is 0.429. The SMILES string of the molecule is COc1cc(-c2noc(CC3CCCN3)n2)ccc1F. The smallest absolute Gasteiger partial charge is 0.228 e. The number of nitrogens with zero attached hydrogens (tertiary/aromatic N) is 2. The Kier molecular flexibility index (Phi) is 3.64. The minimum absolute atomic E-state index is 0.173. The van der Waals surface area contributed by atoms with Gasteiger partial charge < -0.3 is 14.6 Å². The molecular weight excluding hydrogens is 261 g/mol. The first kappa shape index (κ1) is 13.1. The maximum atomic E-state index is 13.4. The van der Waals surface area contributed by atoms with Crippen LogP contribution in [0.15, 0.2) is 22.7 Å². The van der Waals surface area contributed by atoms with Gasteiger partial charge in [0.2, 0.25) is 11.7 Å². The summed E-state index contributed by atoms with van der Waals surface area (Å²) in [5.74, 6) is 0.820. The highest BCUT2D eigenvalue weighted by molar-refractivity contribution is 5.57. The second kappa shape index (κ2) is 5.58. The van der Waals surface area contributed by atoms with Gasteiger partial charge in [-0.25, -0.2) is 4.39 Å². The molecular formula is C14H16FN3O2. The van der Waals surface area contributed by atoms with E-state index in [1.54, 1.807) is 12.1 Å². The fourth-order valence-corrected chi connectivity index (χ4v) is 2.40. The van der Waals surface area contributed by atoms with Gasteiger partial charge >= 0.3 is 0 Å². The summed E-state index contributed by atoms with van der Waals surface area (Å²) in [5.41, 5.74) is 0.678. The maximum absolute atomic E-state index is 13.4. The minimum atomic E-state index is -0.407. The van der Waals surface area contributed by atoms with Gasteiger partial charge in [-0.3, -0.25) is 0 Å². The summed E-state index contributed by atoms with van der Waals surface area (Å²) in [6.45, 7) is 1.04. The number of ether oxygens (including phenoxy) is 1. The molecule has 5 nitrogen and oxygen atoms in total. The van der Waals surface area contributed by atoms with Crippen LogP contribution < -0.4 is 10.1 Å². The molecule has 6 heteroatoms. The molecule has 0 saturated carbocycles. The van der Waals surface area contributed by atoms with Gasteiger partial charge in [0.15, 0.2) is 11.6 Å². The highest BCUT2D eigenvalue weighted by Crippen LogP contribution is 2.24. The van der Waals surface area contributed by atoms with Crippen LogP contribution in [0.4, 0.5) is 4.39 Å². The summed E-state index contributed by atoms with van der Waals surface area (Å²) in [6.07, 6.45) is 3.04. The average molecular weight is 277 g/mol. The van der Waals surface area contributed by atoms with Crippen LogP contribution in [0.25, 0.3) is 11.4 Å². The molecule has 0 aliphatic carbocycles. The highest BCUT2D eigenvalue weighted by atomic mass is 19.1. The van der Waals surface area contributed by atoms with Crippen LogP contribution >= 0.6 is 0 Å². The summed E-state index contributed by atoms with van der Waals surface area (Å²) in [4.78, 5) is 4.35. The van der Waals surface area contributed by atoms with Crippen molar-refractivity contribution in [3.8, 4) is 17.1 Å². The molecule has 2 aromatic rings. The normalized spacial score (nSPS) is 18.4. The number of aromatic nitrogens is 2. The van der Waals surface area contributed by atoms with Crippen LogP contribution in [0.5, 0.6) is 5.75 Å². The van der Waals surface area contributed by atoms with Crippen molar-refractivity contribution in [1.82, 2.24) is 15.5 Å². The predicted molar refractivity (Wildman–Crippen MR) is 71.0 cm³/mol. The van der Waals surface area contributed by atoms with Crippen molar-refractivity contribution >= 4 is 0 Å². The quantitative estimate of drug-likeness (QED) is 0.928. The Balaban J connectivity index is 1.78. The van der Waals surface area contributed by atoms with Gasteiger partial charge in [0, 0.05) is 18.0 Å². The number of nitrogens with one attached hydrogen (secondary N) is 1. The van der Waals surface area contributed by atoms with Crippen LogP contribution in [0.2, 0.25) is 0 Å². The van der Waals surface area contributed by atoms with E-state index in [0.29, 0.717) is 23.3 Å². The minimum Gasteiger partial charge on any atom is -0.494 e. The Hall–Kier alpha value is -1.95. The van der Waals surface area contributed by atoms with Crippen LogP contribution in [-0.2, 0) is 6.42 Å². The van der Waals surface area contributed by atoms with Crippen LogP contribution in [0, 0.1) is 5.82 Å². The third kappa shape index (κ3) is 2.65. The molecule has 1 aliphatic rings. The summed E-state index contributed by atoms with van der Waals surface area (Å²) < 4.78 is 23.6. The highest BCUT2D eigenvalue weighted by Gasteiger charge is 2.18. The molecule has 1 saturated heterocycles. The molecule has 2 heterocycles. The van der Waals surface area contributed by atoms with Crippen molar-refractivity contribution in [2.45, 2.75) is 25.3 Å². The Morgan fingerprint density at radius 1 is 1.50 bits per heavy atom. The molecule has 1 unspecified atom stereocenters. The fourth-order valence-electron chi connectivity index (χ4n) is 2.40. The molecule has 0 amide bonds. The van der Waals surface area contributed by atoms with Crippen molar-refractivity contribution in [3.05, 3.63) is 29.9 Å². The van der Waals surface area contributed by atoms with Gasteiger partial charge in [-0.05, 0) is 37.6 Å². The topological polar surface area (TPSA) is 60.2 Å². The number of benzene rings is 1. The molecule has 1 aliphatic heterocycles. The molecule has 1 aromatic heterocycles. The van der Waals surface area contributed by atoms with E-state index in [-0.39, 0.29) is 5.75 Å². The number of hydrogen-bond acceptors (Lipinski definition) is 5. The van der Waals surface area contributed by atoms with E-state index in [1.807, 2.05) is 0 Å². The van der Waals surface area contributed by atoms with Crippen LogP contribution in [0.3, 0.4) is 0 Å². The molecule has 0 radical (unpaired) electrons. The molecule has 1 atom stereocenters. The lowest BCUT2D eigenvalue weighted by Crippen LogP contribution is -2.23. The summed E-state index contributed by atoms with van der Waals surface area (Å²) in [7, 11) is 1.43. The number of hydrogen-bond donors (Lipinski definition) is 1. The maximum Gasteiger partial charge on any atom is 0.228 e. The monoisotopic (exact) mass is 277 g/mol. The Morgan fingerprint density at radius 2 is 2.40 bits per heavy atom. The summed E-state index contributed by atoms with van der Waals surface area (Å²) in [6, 6.07) is 4.92. The third-order valence-electron chi connectivity index (χ3n) is 3.46. The zero-order valence-corrected chi connectivity index (χ0v) is 11.2. The molecule has 0 bridgehead atoms. The van der Waals surface area contributed by atoms with E-state index in [4.69, 9.17) is 9.26 Å². The van der Waals surface area contributed by atoms with Crippen molar-refractivity contribution in [2.75, 3.05) is 13.7 Å². The lowest BCUT2D eigenvalue weighted by molar-refractivity contribution is 0.364. The first-order valence-electron chi connectivity index (χ1n) is 6.66. The van der Waals surface area contributed by atoms with Gasteiger partial charge in [-0.15, -0.1) is 0 Å². The van der Waals surface area contributed by atoms with Crippen LogP contribution in [0.1, 0.15) is 18.7 Å². The third-order valence-corrected chi connectivity index (χ3v) is 3.46. The Bertz CT molecular complexity index is 594. The van der Waals surface area contributed by atoms with Gasteiger partial charge in [-0.2, -0.15) is 4.98 Å². The zero-order chi connectivity index (χ0) is 13.9. The van der Waals surface area contributed by atoms with Crippen molar-refractivity contribution < 1.29 is 13.7 Å². The van der Waals surface area contributed by atoms with Crippen molar-refractivity contribution in [3.63, 3.8) is 0 Å². The Morgan fingerprint density at radius 3 is 3.15 bits per heavy atom. The first-order chi connectivity index (χ1) is 9.76. The zero-order valence-electron chi connectivity index (χ0n) is 11.2. The predicted octanol–water partition coefficient (Wildman–Crippen LogP) is 2.18. The van der Waals surface area contributed by atoms with E-state index < -0.39 is 5.82 Å². The molecule has 1 N–H and O–H groups in total. The Labute approximate surface area is 116 Å². The lowest BCUT2D eigenvalue weighted by atomic mass is 10.1. The molecule has 106 valence electrons. The number of rotatable bonds is 4. The number of halogens is 1. The molecule has 3 rings (SSSR count). The van der Waals surface area contributed by atoms with E-state index >= 15 is 0 Å². The van der Waals surface area contributed by atoms with Crippen molar-refractivity contribution in [2.24, 2.45) is 0 Å². The standard InChI is InChI=1S/C14H16FN3O2/c1-19-12-7-9(4-5-11(12)15)14-17-13(20-18-14)8-10-3-2-6-16-10/h4-5,7,10,16H,2-3,6,8H2,1H3. The van der Waals surface area contributed by atoms with Gasteiger partial charge in [0.1, 0.15) is 0 Å². The summed E-state index contributed by atoms with van der Waals surface area (Å²) in [5, 5.41) is 7.32. The first-order valence-corrected chi connectivity index (χ1v) is 6.66. The van der Waals surface area contributed by atoms with Crippen LogP contribution in [-0.4, -0.2) is 29.8 Å². The molecule has 1 fully saturated rings. The van der Waals surface area contributed by atoms with Crippen molar-refractivity contribution in [1.29, 1.82) is 0 Å². The molecule has 1 aromatic carbocycles. The van der Waals surface area contributed by atoms with Gasteiger partial charge in [0.25, 0.3) is 0 Å². The molecule has 0 spiro atoms. The average Bonchev–Trinajstić information content (AvgIpc) is 3.12. The number of methoxy groups -OCH3 is 1. The molecule has 20 heavy (non-hydrogen) atoms. The van der Waals surface area contributed by atoms with E-state index in [9.17, 15) is 4.39 Å².